The molecule has 0 amide bonds. The van der Waals surface area contributed by atoms with Gasteiger partial charge in [0.05, 0.1) is 0 Å². The predicted molar refractivity (Wildman–Crippen MR) is 74.8 cm³/mol. The van der Waals surface area contributed by atoms with Gasteiger partial charge in [0.2, 0.25) is 0 Å². The van der Waals surface area contributed by atoms with Gasteiger partial charge in [-0.05, 0) is 12.0 Å². The summed E-state index contributed by atoms with van der Waals surface area (Å²) in [5.41, 5.74) is 1.13. The largest absolute Gasteiger partial charge is 0.366 e. The van der Waals surface area contributed by atoms with E-state index in [2.05, 4.69) is 15.3 Å². The van der Waals surface area contributed by atoms with Gasteiger partial charge in [-0.2, -0.15) is 0 Å². The zero-order valence-electron chi connectivity index (χ0n) is 11.1. The van der Waals surface area contributed by atoms with E-state index in [9.17, 15) is 8.78 Å². The van der Waals surface area contributed by atoms with Gasteiger partial charge in [0.25, 0.3) is 0 Å². The van der Waals surface area contributed by atoms with E-state index >= 15 is 0 Å². The quantitative estimate of drug-likeness (QED) is 0.862. The van der Waals surface area contributed by atoms with Crippen molar-refractivity contribution in [1.82, 2.24) is 9.97 Å². The number of rotatable bonds is 4. The molecular formula is C14H14ClF2N3. The molecule has 1 aromatic heterocycles. The highest BCUT2D eigenvalue weighted by Crippen LogP contribution is 2.28. The molecule has 1 aromatic carbocycles. The molecule has 3 nitrogen and oxygen atoms in total. The van der Waals surface area contributed by atoms with Gasteiger partial charge in [-0.15, -0.1) is 0 Å². The molecule has 2 aromatic rings. The van der Waals surface area contributed by atoms with E-state index < -0.39 is 11.6 Å². The molecule has 0 saturated heterocycles. The summed E-state index contributed by atoms with van der Waals surface area (Å²) in [7, 11) is 0. The lowest BCUT2D eigenvalue weighted by Crippen LogP contribution is -2.08. The zero-order chi connectivity index (χ0) is 14.7. The molecule has 106 valence electrons. The van der Waals surface area contributed by atoms with Crippen molar-refractivity contribution < 1.29 is 8.78 Å². The first-order chi connectivity index (χ1) is 9.49. The maximum Gasteiger partial charge on any atom is 0.138 e. The van der Waals surface area contributed by atoms with Gasteiger partial charge in [-0.1, -0.05) is 31.5 Å². The topological polar surface area (TPSA) is 37.8 Å². The number of hydrogen-bond acceptors (Lipinski definition) is 3. The van der Waals surface area contributed by atoms with Crippen LogP contribution in [0.5, 0.6) is 0 Å². The van der Waals surface area contributed by atoms with Crippen LogP contribution in [0, 0.1) is 11.6 Å². The minimum Gasteiger partial charge on any atom is -0.366 e. The van der Waals surface area contributed by atoms with Crippen molar-refractivity contribution in [2.45, 2.75) is 26.3 Å². The molecule has 20 heavy (non-hydrogen) atoms. The van der Waals surface area contributed by atoms with Crippen molar-refractivity contribution >= 4 is 17.4 Å². The van der Waals surface area contributed by atoms with Crippen molar-refractivity contribution in [2.75, 3.05) is 5.32 Å². The predicted octanol–water partition coefficient (Wildman–Crippen LogP) is 4.14. The SMILES string of the molecule is CC(C)c1c(Cl)ncnc1NCc1ccc(F)cc1F. The van der Waals surface area contributed by atoms with Gasteiger partial charge >= 0.3 is 0 Å². The Kier molecular flexibility index (Phi) is 4.49. The second-order valence-corrected chi connectivity index (χ2v) is 5.03. The lowest BCUT2D eigenvalue weighted by molar-refractivity contribution is 0.574. The third-order valence-electron chi connectivity index (χ3n) is 2.87. The van der Waals surface area contributed by atoms with E-state index in [1.165, 1.54) is 18.5 Å². The fourth-order valence-electron chi connectivity index (χ4n) is 1.87. The minimum atomic E-state index is -0.598. The van der Waals surface area contributed by atoms with Crippen LogP contribution < -0.4 is 5.32 Å². The molecule has 0 fully saturated rings. The molecule has 0 bridgehead atoms. The summed E-state index contributed by atoms with van der Waals surface area (Å²) in [5.74, 6) is -0.504. The zero-order valence-corrected chi connectivity index (χ0v) is 11.9. The molecule has 0 atom stereocenters. The van der Waals surface area contributed by atoms with Gasteiger partial charge in [0.1, 0.15) is 28.9 Å². The molecule has 0 aliphatic rings. The fraction of sp³-hybridized carbons (Fsp3) is 0.286. The Morgan fingerprint density at radius 1 is 1.25 bits per heavy atom. The summed E-state index contributed by atoms with van der Waals surface area (Å²) in [6, 6.07) is 3.47. The number of aromatic nitrogens is 2. The first-order valence-corrected chi connectivity index (χ1v) is 6.55. The molecular weight excluding hydrogens is 284 g/mol. The van der Waals surface area contributed by atoms with Crippen LogP contribution >= 0.6 is 11.6 Å². The molecule has 2 rings (SSSR count). The van der Waals surface area contributed by atoms with Gasteiger partial charge in [0.15, 0.2) is 0 Å². The maximum absolute atomic E-state index is 13.6. The monoisotopic (exact) mass is 297 g/mol. The van der Waals surface area contributed by atoms with Crippen molar-refractivity contribution in [3.8, 4) is 0 Å². The number of nitrogens with one attached hydrogen (secondary N) is 1. The van der Waals surface area contributed by atoms with Crippen LogP contribution in [-0.2, 0) is 6.54 Å². The lowest BCUT2D eigenvalue weighted by atomic mass is 10.1. The Labute approximate surface area is 121 Å². The van der Waals surface area contributed by atoms with Crippen LogP contribution in [0.25, 0.3) is 0 Å². The first-order valence-electron chi connectivity index (χ1n) is 6.17. The average molecular weight is 298 g/mol. The van der Waals surface area contributed by atoms with E-state index in [1.54, 1.807) is 0 Å². The summed E-state index contributed by atoms with van der Waals surface area (Å²) in [6.07, 6.45) is 1.34. The molecule has 0 unspecified atom stereocenters. The molecule has 1 N–H and O–H groups in total. The number of benzene rings is 1. The van der Waals surface area contributed by atoms with E-state index in [-0.39, 0.29) is 12.5 Å². The lowest BCUT2D eigenvalue weighted by Gasteiger charge is -2.14. The Balaban J connectivity index is 2.21. The Morgan fingerprint density at radius 3 is 2.65 bits per heavy atom. The van der Waals surface area contributed by atoms with Crippen LogP contribution in [-0.4, -0.2) is 9.97 Å². The molecule has 0 radical (unpaired) electrons. The molecule has 0 aliphatic heterocycles. The van der Waals surface area contributed by atoms with Crippen molar-refractivity contribution in [2.24, 2.45) is 0 Å². The Bertz CT molecular complexity index is 617. The highest BCUT2D eigenvalue weighted by atomic mass is 35.5. The summed E-state index contributed by atoms with van der Waals surface area (Å²) in [4.78, 5) is 8.06. The molecule has 1 heterocycles. The third-order valence-corrected chi connectivity index (χ3v) is 3.18. The van der Waals surface area contributed by atoms with Crippen LogP contribution in [0.2, 0.25) is 5.15 Å². The third kappa shape index (κ3) is 3.22. The van der Waals surface area contributed by atoms with Crippen LogP contribution in [0.4, 0.5) is 14.6 Å². The summed E-state index contributed by atoms with van der Waals surface area (Å²) >= 11 is 6.04. The van der Waals surface area contributed by atoms with Crippen LogP contribution in [0.3, 0.4) is 0 Å². The summed E-state index contributed by atoms with van der Waals surface area (Å²) < 4.78 is 26.4. The summed E-state index contributed by atoms with van der Waals surface area (Å²) in [6.45, 7) is 4.13. The molecule has 6 heteroatoms. The molecule has 0 saturated carbocycles. The second-order valence-electron chi connectivity index (χ2n) is 4.67. The second kappa shape index (κ2) is 6.13. The van der Waals surface area contributed by atoms with E-state index in [0.717, 1.165) is 11.6 Å². The van der Waals surface area contributed by atoms with Gasteiger partial charge < -0.3 is 5.32 Å². The van der Waals surface area contributed by atoms with Gasteiger partial charge in [-0.25, -0.2) is 18.7 Å². The van der Waals surface area contributed by atoms with E-state index in [0.29, 0.717) is 16.5 Å². The average Bonchev–Trinajstić information content (AvgIpc) is 2.37. The van der Waals surface area contributed by atoms with Gasteiger partial charge in [0, 0.05) is 23.7 Å². The minimum absolute atomic E-state index is 0.129. The smallest absolute Gasteiger partial charge is 0.138 e. The summed E-state index contributed by atoms with van der Waals surface area (Å²) in [5, 5.41) is 3.39. The number of hydrogen-bond donors (Lipinski definition) is 1. The molecule has 0 aliphatic carbocycles. The van der Waals surface area contributed by atoms with Crippen molar-refractivity contribution in [1.29, 1.82) is 0 Å². The van der Waals surface area contributed by atoms with Gasteiger partial charge in [-0.3, -0.25) is 0 Å². The van der Waals surface area contributed by atoms with Crippen molar-refractivity contribution in [3.63, 3.8) is 0 Å². The van der Waals surface area contributed by atoms with E-state index in [4.69, 9.17) is 11.6 Å². The Hall–Kier alpha value is -1.75. The highest BCUT2D eigenvalue weighted by molar-refractivity contribution is 6.30. The fourth-order valence-corrected chi connectivity index (χ4v) is 2.22. The van der Waals surface area contributed by atoms with E-state index in [1.807, 2.05) is 13.8 Å². The normalized spacial score (nSPS) is 10.9. The Morgan fingerprint density at radius 2 is 2.00 bits per heavy atom. The standard InChI is InChI=1S/C14H14ClF2N3/c1-8(2)12-13(15)19-7-20-14(12)18-6-9-3-4-10(16)5-11(9)17/h3-5,7-8H,6H2,1-2H3,(H,18,19,20). The number of anilines is 1. The maximum atomic E-state index is 13.6. The molecule has 0 spiro atoms. The van der Waals surface area contributed by atoms with Crippen LogP contribution in [0.15, 0.2) is 24.5 Å². The number of nitrogens with zero attached hydrogens (tertiary/aromatic N) is 2. The highest BCUT2D eigenvalue weighted by Gasteiger charge is 2.14. The van der Waals surface area contributed by atoms with Crippen LogP contribution in [0.1, 0.15) is 30.9 Å². The van der Waals surface area contributed by atoms with Crippen molar-refractivity contribution in [3.05, 3.63) is 52.4 Å². The number of halogens is 3. The first kappa shape index (κ1) is 14.7.